The van der Waals surface area contributed by atoms with Crippen molar-refractivity contribution in [1.82, 2.24) is 4.98 Å². The van der Waals surface area contributed by atoms with Gasteiger partial charge >= 0.3 is 0 Å². The maximum Gasteiger partial charge on any atom is 0.184 e. The quantitative estimate of drug-likeness (QED) is 0.856. The Labute approximate surface area is 106 Å². The van der Waals surface area contributed by atoms with Gasteiger partial charge in [0.15, 0.2) is 5.13 Å². The number of hydrogen-bond acceptors (Lipinski definition) is 3. The van der Waals surface area contributed by atoms with Crippen LogP contribution >= 0.6 is 11.3 Å². The van der Waals surface area contributed by atoms with E-state index in [0.29, 0.717) is 6.04 Å². The second-order valence-electron chi connectivity index (χ2n) is 5.00. The van der Waals surface area contributed by atoms with Crippen LogP contribution in [0.3, 0.4) is 0 Å². The molecule has 0 atom stereocenters. The molecular weight excluding hydrogens is 228 g/mol. The topological polar surface area (TPSA) is 24.9 Å². The van der Waals surface area contributed by atoms with Crippen molar-refractivity contribution in [3.05, 3.63) is 23.3 Å². The van der Waals surface area contributed by atoms with Crippen LogP contribution in [0, 0.1) is 13.8 Å². The van der Waals surface area contributed by atoms with Gasteiger partial charge in [0.2, 0.25) is 0 Å². The molecule has 0 unspecified atom stereocenters. The lowest BCUT2D eigenvalue weighted by molar-refractivity contribution is 0.754. The summed E-state index contributed by atoms with van der Waals surface area (Å²) in [6.45, 7) is 4.31. The maximum absolute atomic E-state index is 4.74. The molecule has 1 N–H and O–H groups in total. The first-order valence-corrected chi connectivity index (χ1v) is 7.19. The number of aromatic nitrogens is 1. The number of aryl methyl sites for hydroxylation is 2. The fourth-order valence-electron chi connectivity index (χ4n) is 2.53. The Bertz CT molecular complexity index is 538. The number of fused-ring (bicyclic) bond motifs is 1. The molecule has 1 aliphatic carbocycles. The number of nitrogens with zero attached hydrogens (tertiary/aromatic N) is 1. The summed E-state index contributed by atoms with van der Waals surface area (Å²) in [5, 5.41) is 4.68. The van der Waals surface area contributed by atoms with E-state index < -0.39 is 0 Å². The van der Waals surface area contributed by atoms with E-state index in [9.17, 15) is 0 Å². The summed E-state index contributed by atoms with van der Waals surface area (Å²) in [7, 11) is 0. The molecule has 0 saturated heterocycles. The van der Waals surface area contributed by atoms with Gasteiger partial charge in [0.1, 0.15) is 0 Å². The fourth-order valence-corrected chi connectivity index (χ4v) is 3.53. The van der Waals surface area contributed by atoms with Crippen LogP contribution in [-0.2, 0) is 0 Å². The van der Waals surface area contributed by atoms with Crippen molar-refractivity contribution in [2.24, 2.45) is 0 Å². The molecule has 1 aliphatic rings. The third-order valence-electron chi connectivity index (χ3n) is 3.77. The number of rotatable bonds is 2. The third kappa shape index (κ3) is 2.04. The molecule has 1 saturated carbocycles. The highest BCUT2D eigenvalue weighted by Gasteiger charge is 2.16. The molecule has 0 amide bonds. The van der Waals surface area contributed by atoms with E-state index in [4.69, 9.17) is 4.98 Å². The van der Waals surface area contributed by atoms with Crippen LogP contribution in [-0.4, -0.2) is 11.0 Å². The van der Waals surface area contributed by atoms with Gasteiger partial charge in [-0.1, -0.05) is 30.2 Å². The zero-order valence-corrected chi connectivity index (χ0v) is 11.2. The lowest BCUT2D eigenvalue weighted by atomic mass is 10.1. The molecule has 1 fully saturated rings. The second kappa shape index (κ2) is 4.30. The second-order valence-corrected chi connectivity index (χ2v) is 6.03. The van der Waals surface area contributed by atoms with Crippen LogP contribution in [0.2, 0.25) is 0 Å². The Hall–Kier alpha value is -1.09. The summed E-state index contributed by atoms with van der Waals surface area (Å²) >= 11 is 1.78. The first-order chi connectivity index (χ1) is 8.24. The van der Waals surface area contributed by atoms with Gasteiger partial charge in [-0.15, -0.1) is 0 Å². The highest BCUT2D eigenvalue weighted by molar-refractivity contribution is 7.22. The molecule has 0 spiro atoms. The van der Waals surface area contributed by atoms with E-state index in [1.54, 1.807) is 11.3 Å². The van der Waals surface area contributed by atoms with Crippen LogP contribution in [0.5, 0.6) is 0 Å². The third-order valence-corrected chi connectivity index (χ3v) is 4.72. The zero-order valence-electron chi connectivity index (χ0n) is 10.4. The number of anilines is 1. The predicted octanol–water partition coefficient (Wildman–Crippen LogP) is 4.27. The van der Waals surface area contributed by atoms with Gasteiger partial charge in [0.25, 0.3) is 0 Å². The minimum Gasteiger partial charge on any atom is -0.359 e. The van der Waals surface area contributed by atoms with Crippen molar-refractivity contribution in [2.75, 3.05) is 5.32 Å². The van der Waals surface area contributed by atoms with Crippen molar-refractivity contribution in [3.8, 4) is 0 Å². The summed E-state index contributed by atoms with van der Waals surface area (Å²) in [5.74, 6) is 0. The number of nitrogens with one attached hydrogen (secondary N) is 1. The van der Waals surface area contributed by atoms with Crippen molar-refractivity contribution in [2.45, 2.75) is 45.6 Å². The summed E-state index contributed by atoms with van der Waals surface area (Å²) in [5.41, 5.74) is 3.82. The van der Waals surface area contributed by atoms with Crippen LogP contribution in [0.25, 0.3) is 10.2 Å². The summed E-state index contributed by atoms with van der Waals surface area (Å²) in [4.78, 5) is 4.74. The Balaban J connectivity index is 1.93. The van der Waals surface area contributed by atoms with E-state index >= 15 is 0 Å². The van der Waals surface area contributed by atoms with E-state index in [1.807, 2.05) is 0 Å². The highest BCUT2D eigenvalue weighted by Crippen LogP contribution is 2.31. The minimum atomic E-state index is 0.650. The van der Waals surface area contributed by atoms with Crippen LogP contribution in [0.4, 0.5) is 5.13 Å². The molecular formula is C14H18N2S. The van der Waals surface area contributed by atoms with Gasteiger partial charge in [-0.25, -0.2) is 4.98 Å². The normalized spacial score (nSPS) is 16.8. The van der Waals surface area contributed by atoms with Gasteiger partial charge in [-0.3, -0.25) is 0 Å². The molecule has 2 aromatic rings. The smallest absolute Gasteiger partial charge is 0.184 e. The molecule has 0 radical (unpaired) electrons. The molecule has 1 aromatic carbocycles. The van der Waals surface area contributed by atoms with Crippen molar-refractivity contribution >= 4 is 26.7 Å². The molecule has 17 heavy (non-hydrogen) atoms. The number of thiazole rings is 1. The first kappa shape index (κ1) is 11.0. The van der Waals surface area contributed by atoms with Crippen LogP contribution in [0.1, 0.15) is 36.8 Å². The van der Waals surface area contributed by atoms with Gasteiger partial charge in [0, 0.05) is 6.04 Å². The maximum atomic E-state index is 4.74. The largest absolute Gasteiger partial charge is 0.359 e. The highest BCUT2D eigenvalue weighted by atomic mass is 32.1. The van der Waals surface area contributed by atoms with Crippen molar-refractivity contribution in [1.29, 1.82) is 0 Å². The van der Waals surface area contributed by atoms with Gasteiger partial charge < -0.3 is 5.32 Å². The van der Waals surface area contributed by atoms with Crippen molar-refractivity contribution in [3.63, 3.8) is 0 Å². The average Bonchev–Trinajstić information content (AvgIpc) is 2.93. The molecule has 0 bridgehead atoms. The molecule has 90 valence electrons. The summed E-state index contributed by atoms with van der Waals surface area (Å²) in [6.07, 6.45) is 5.32. The fraction of sp³-hybridized carbons (Fsp3) is 0.500. The Morgan fingerprint density at radius 1 is 1.24 bits per heavy atom. The van der Waals surface area contributed by atoms with E-state index in [2.05, 4.69) is 31.3 Å². The lowest BCUT2D eigenvalue weighted by Gasteiger charge is -2.09. The van der Waals surface area contributed by atoms with Gasteiger partial charge in [-0.2, -0.15) is 0 Å². The first-order valence-electron chi connectivity index (χ1n) is 6.37. The van der Waals surface area contributed by atoms with Crippen LogP contribution < -0.4 is 5.32 Å². The predicted molar refractivity (Wildman–Crippen MR) is 75.0 cm³/mol. The van der Waals surface area contributed by atoms with Gasteiger partial charge in [-0.05, 0) is 43.9 Å². The number of benzene rings is 1. The molecule has 1 aromatic heterocycles. The molecule has 0 aliphatic heterocycles. The molecule has 3 heteroatoms. The summed E-state index contributed by atoms with van der Waals surface area (Å²) in [6, 6.07) is 5.03. The number of hydrogen-bond donors (Lipinski definition) is 1. The summed E-state index contributed by atoms with van der Waals surface area (Å²) < 4.78 is 1.30. The molecule has 1 heterocycles. The van der Waals surface area contributed by atoms with Gasteiger partial charge in [0.05, 0.1) is 10.2 Å². The monoisotopic (exact) mass is 246 g/mol. The van der Waals surface area contributed by atoms with E-state index in [1.165, 1.54) is 47.0 Å². The minimum absolute atomic E-state index is 0.650. The Kier molecular flexibility index (Phi) is 2.79. The zero-order chi connectivity index (χ0) is 11.8. The SMILES string of the molecule is Cc1ccc2sc(NC3CCCC3)nc2c1C. The van der Waals surface area contributed by atoms with Crippen LogP contribution in [0.15, 0.2) is 12.1 Å². The standard InChI is InChI=1S/C14H18N2S/c1-9-7-8-12-13(10(9)2)16-14(17-12)15-11-5-3-4-6-11/h7-8,11H,3-6H2,1-2H3,(H,15,16). The molecule has 3 rings (SSSR count). The average molecular weight is 246 g/mol. The molecule has 2 nitrogen and oxygen atoms in total. The Morgan fingerprint density at radius 3 is 2.76 bits per heavy atom. The van der Waals surface area contributed by atoms with E-state index in [-0.39, 0.29) is 0 Å². The van der Waals surface area contributed by atoms with E-state index in [0.717, 1.165) is 5.13 Å². The lowest BCUT2D eigenvalue weighted by Crippen LogP contribution is -2.13. The van der Waals surface area contributed by atoms with Crippen molar-refractivity contribution < 1.29 is 0 Å². The Morgan fingerprint density at radius 2 is 2.00 bits per heavy atom.